The molecule has 0 amide bonds. The van der Waals surface area contributed by atoms with Crippen molar-refractivity contribution in [2.24, 2.45) is 16.5 Å². The van der Waals surface area contributed by atoms with Crippen molar-refractivity contribution in [3.63, 3.8) is 0 Å². The van der Waals surface area contributed by atoms with Crippen molar-refractivity contribution < 1.29 is 14.9 Å². The number of hydrogen-bond donors (Lipinski definition) is 6. The molecule has 1 aliphatic rings. The first kappa shape index (κ1) is 16.6. The zero-order valence-electron chi connectivity index (χ0n) is 9.63. The molecule has 0 aliphatic carbocycles. The molecule has 0 saturated carbocycles. The first-order chi connectivity index (χ1) is 7.91. The first-order valence-corrected chi connectivity index (χ1v) is 5.28. The number of nitrogens with two attached hydrogens (primary N) is 2. The highest BCUT2D eigenvalue weighted by Gasteiger charge is 2.42. The number of rotatable bonds is 4. The fraction of sp³-hybridized carbons (Fsp3) is 0.800. The molecule has 1 rings (SSSR count). The Hall–Kier alpha value is -1.38. The van der Waals surface area contributed by atoms with Gasteiger partial charge in [-0.3, -0.25) is 10.4 Å². The highest BCUT2D eigenvalue weighted by Crippen LogP contribution is 2.21. The maximum absolute atomic E-state index is 9.71. The topological polar surface area (TPSA) is 150 Å². The Morgan fingerprint density at radius 1 is 1.33 bits per heavy atom. The summed E-state index contributed by atoms with van der Waals surface area (Å²) >= 11 is 0. The molecule has 4 atom stereocenters. The van der Waals surface area contributed by atoms with Crippen molar-refractivity contribution in [1.29, 1.82) is 5.41 Å². The van der Waals surface area contributed by atoms with E-state index in [9.17, 15) is 10.2 Å². The van der Waals surface area contributed by atoms with Crippen LogP contribution in [0.1, 0.15) is 14.4 Å². The number of guanidine groups is 1. The van der Waals surface area contributed by atoms with Gasteiger partial charge in [0.05, 0.1) is 12.4 Å². The van der Waals surface area contributed by atoms with Crippen molar-refractivity contribution in [1.82, 2.24) is 5.32 Å². The van der Waals surface area contributed by atoms with Gasteiger partial charge in [-0.25, -0.2) is 0 Å². The van der Waals surface area contributed by atoms with Crippen LogP contribution in [-0.4, -0.2) is 59.5 Å². The van der Waals surface area contributed by atoms with Gasteiger partial charge in [0.25, 0.3) is 0 Å². The van der Waals surface area contributed by atoms with Crippen LogP contribution in [0.15, 0.2) is 4.99 Å². The van der Waals surface area contributed by atoms with Crippen LogP contribution in [0.5, 0.6) is 0 Å². The first-order valence-electron chi connectivity index (χ1n) is 5.28. The Kier molecular flexibility index (Phi) is 6.60. The van der Waals surface area contributed by atoms with Gasteiger partial charge in [0.15, 0.2) is 5.96 Å². The van der Waals surface area contributed by atoms with Crippen molar-refractivity contribution in [2.45, 2.75) is 38.8 Å². The Morgan fingerprint density at radius 2 is 1.89 bits per heavy atom. The van der Waals surface area contributed by atoms with E-state index < -0.39 is 24.4 Å². The Balaban J connectivity index is 0.00000289. The molecule has 0 bridgehead atoms. The molecule has 1 fully saturated rings. The Morgan fingerprint density at radius 3 is 2.39 bits per heavy atom. The van der Waals surface area contributed by atoms with E-state index in [0.717, 1.165) is 0 Å². The average molecular weight is 261 g/mol. The normalized spacial score (nSPS) is 31.8. The summed E-state index contributed by atoms with van der Waals surface area (Å²) in [4.78, 5) is 3.93. The SMILES string of the molecule is C.CC(N)=NC[C@H]1O[C@H](CNC(=N)N)[C@@H](O)[C@@H]1O. The number of nitrogens with zero attached hydrogens (tertiary/aromatic N) is 1. The van der Waals surface area contributed by atoms with Crippen LogP contribution in [0, 0.1) is 5.41 Å². The second-order valence-electron chi connectivity index (χ2n) is 3.97. The second kappa shape index (κ2) is 7.14. The van der Waals surface area contributed by atoms with E-state index in [1.807, 2.05) is 0 Å². The Labute approximate surface area is 107 Å². The summed E-state index contributed by atoms with van der Waals surface area (Å²) in [6.45, 7) is 1.99. The highest BCUT2D eigenvalue weighted by molar-refractivity contribution is 5.77. The molecule has 8 N–H and O–H groups in total. The van der Waals surface area contributed by atoms with Crippen LogP contribution in [0.2, 0.25) is 0 Å². The molecule has 1 heterocycles. The number of aliphatic hydroxyl groups excluding tert-OH is 2. The van der Waals surface area contributed by atoms with Crippen molar-refractivity contribution in [3.05, 3.63) is 0 Å². The molecule has 0 aromatic carbocycles. The highest BCUT2D eigenvalue weighted by atomic mass is 16.5. The van der Waals surface area contributed by atoms with Crippen LogP contribution in [0.25, 0.3) is 0 Å². The van der Waals surface area contributed by atoms with E-state index in [0.29, 0.717) is 5.84 Å². The molecule has 0 spiro atoms. The lowest BCUT2D eigenvalue weighted by Gasteiger charge is -2.14. The largest absolute Gasteiger partial charge is 0.388 e. The van der Waals surface area contributed by atoms with E-state index in [2.05, 4.69) is 10.3 Å². The monoisotopic (exact) mass is 261 g/mol. The maximum Gasteiger partial charge on any atom is 0.185 e. The van der Waals surface area contributed by atoms with Crippen LogP contribution >= 0.6 is 0 Å². The summed E-state index contributed by atoms with van der Waals surface area (Å²) in [5.41, 5.74) is 10.5. The minimum absolute atomic E-state index is 0. The van der Waals surface area contributed by atoms with Gasteiger partial charge >= 0.3 is 0 Å². The van der Waals surface area contributed by atoms with Crippen LogP contribution < -0.4 is 16.8 Å². The van der Waals surface area contributed by atoms with E-state index in [4.69, 9.17) is 21.6 Å². The maximum atomic E-state index is 9.71. The molecular weight excluding hydrogens is 238 g/mol. The number of aliphatic hydroxyl groups is 2. The molecular formula is C10H23N5O3. The van der Waals surface area contributed by atoms with Crippen molar-refractivity contribution in [3.8, 4) is 0 Å². The summed E-state index contributed by atoms with van der Waals surface area (Å²) in [5, 5.41) is 28.9. The minimum Gasteiger partial charge on any atom is -0.388 e. The molecule has 8 nitrogen and oxygen atoms in total. The third kappa shape index (κ3) is 4.47. The van der Waals surface area contributed by atoms with E-state index >= 15 is 0 Å². The summed E-state index contributed by atoms with van der Waals surface area (Å²) < 4.78 is 5.41. The van der Waals surface area contributed by atoms with E-state index in [1.54, 1.807) is 6.92 Å². The van der Waals surface area contributed by atoms with Crippen molar-refractivity contribution >= 4 is 11.8 Å². The van der Waals surface area contributed by atoms with Crippen LogP contribution in [0.4, 0.5) is 0 Å². The number of nitrogens with one attached hydrogen (secondary N) is 2. The van der Waals surface area contributed by atoms with Crippen LogP contribution in [-0.2, 0) is 4.74 Å². The third-order valence-corrected chi connectivity index (χ3v) is 2.48. The summed E-state index contributed by atoms with van der Waals surface area (Å²) in [5.74, 6) is 0.176. The van der Waals surface area contributed by atoms with Gasteiger partial charge in [-0.15, -0.1) is 0 Å². The molecule has 0 radical (unpaired) electrons. The molecule has 1 saturated heterocycles. The zero-order valence-corrected chi connectivity index (χ0v) is 9.63. The minimum atomic E-state index is -1.03. The molecule has 0 unspecified atom stereocenters. The van der Waals surface area contributed by atoms with Gasteiger partial charge in [-0.05, 0) is 6.92 Å². The summed E-state index contributed by atoms with van der Waals surface area (Å²) in [7, 11) is 0. The molecule has 0 aromatic rings. The van der Waals surface area contributed by atoms with Gasteiger partial charge in [0.1, 0.15) is 24.4 Å². The number of aliphatic imine (C=N–C) groups is 1. The van der Waals surface area contributed by atoms with Crippen molar-refractivity contribution in [2.75, 3.05) is 13.1 Å². The van der Waals surface area contributed by atoms with E-state index in [-0.39, 0.29) is 26.5 Å². The predicted molar refractivity (Wildman–Crippen MR) is 69.5 cm³/mol. The number of amidine groups is 1. The lowest BCUT2D eigenvalue weighted by Crippen LogP contribution is -2.42. The lowest BCUT2D eigenvalue weighted by atomic mass is 10.1. The smallest absolute Gasteiger partial charge is 0.185 e. The lowest BCUT2D eigenvalue weighted by molar-refractivity contribution is 0.0159. The fourth-order valence-electron chi connectivity index (χ4n) is 1.59. The quantitative estimate of drug-likeness (QED) is 0.254. The zero-order chi connectivity index (χ0) is 13.0. The standard InChI is InChI=1S/C9H19N5O3.CH4/c1-4(10)13-2-5-7(15)8(16)6(17-5)3-14-9(11)12;/h5-8,15-16H,2-3H2,1H3,(H2,10,13)(H4,11,12,14);1H4/t5-,6-,7-,8-;/m1./s1. The summed E-state index contributed by atoms with van der Waals surface area (Å²) in [6, 6.07) is 0. The van der Waals surface area contributed by atoms with Crippen LogP contribution in [0.3, 0.4) is 0 Å². The average Bonchev–Trinajstić information content (AvgIpc) is 2.51. The fourth-order valence-corrected chi connectivity index (χ4v) is 1.59. The van der Waals surface area contributed by atoms with Gasteiger partial charge in [0, 0.05) is 6.54 Å². The van der Waals surface area contributed by atoms with E-state index in [1.165, 1.54) is 0 Å². The third-order valence-electron chi connectivity index (χ3n) is 2.48. The Bertz CT molecular complexity index is 306. The number of hydrogen-bond acceptors (Lipinski definition) is 5. The molecule has 1 aliphatic heterocycles. The van der Waals surface area contributed by atoms with Gasteiger partial charge in [-0.2, -0.15) is 0 Å². The van der Waals surface area contributed by atoms with Gasteiger partial charge in [0.2, 0.25) is 0 Å². The molecule has 8 heteroatoms. The summed E-state index contributed by atoms with van der Waals surface area (Å²) in [6.07, 6.45) is -3.26. The number of ether oxygens (including phenoxy) is 1. The van der Waals surface area contributed by atoms with Gasteiger partial charge < -0.3 is 31.7 Å². The molecule has 0 aromatic heterocycles. The second-order valence-corrected chi connectivity index (χ2v) is 3.97. The molecule has 18 heavy (non-hydrogen) atoms. The molecule has 106 valence electrons. The van der Waals surface area contributed by atoms with Gasteiger partial charge in [-0.1, -0.05) is 7.43 Å². The predicted octanol–water partition coefficient (Wildman–Crippen LogP) is -2.03.